The molecule has 140 valence electrons. The quantitative estimate of drug-likeness (QED) is 0.650. The first-order chi connectivity index (χ1) is 12.3. The molecule has 0 radical (unpaired) electrons. The molecule has 2 aromatic carbocycles. The van der Waals surface area contributed by atoms with Crippen molar-refractivity contribution in [2.45, 2.75) is 44.4 Å². The Labute approximate surface area is 156 Å². The van der Waals surface area contributed by atoms with Crippen molar-refractivity contribution in [1.82, 2.24) is 5.32 Å². The lowest BCUT2D eigenvalue weighted by atomic mass is 9.97. The van der Waals surface area contributed by atoms with E-state index in [-0.39, 0.29) is 24.2 Å². The SMILES string of the molecule is CCCC(=O)[C@H](Cc1ccccc1Cl)NC(c1ccccc1)C(F)(F)F. The van der Waals surface area contributed by atoms with Crippen LogP contribution in [0.1, 0.15) is 36.9 Å². The van der Waals surface area contributed by atoms with Crippen molar-refractivity contribution in [3.05, 3.63) is 70.7 Å². The Morgan fingerprint density at radius 1 is 1.08 bits per heavy atom. The van der Waals surface area contributed by atoms with E-state index in [0.717, 1.165) is 0 Å². The fourth-order valence-corrected chi connectivity index (χ4v) is 3.01. The van der Waals surface area contributed by atoms with Gasteiger partial charge in [0.15, 0.2) is 0 Å². The molecule has 2 aromatic rings. The average Bonchev–Trinajstić information content (AvgIpc) is 2.60. The zero-order valence-electron chi connectivity index (χ0n) is 14.4. The number of rotatable bonds is 8. The number of hydrogen-bond donors (Lipinski definition) is 1. The Balaban J connectivity index is 2.31. The average molecular weight is 384 g/mol. The van der Waals surface area contributed by atoms with Gasteiger partial charge in [0.25, 0.3) is 0 Å². The van der Waals surface area contributed by atoms with E-state index >= 15 is 0 Å². The first-order valence-electron chi connectivity index (χ1n) is 8.46. The van der Waals surface area contributed by atoms with Crippen LogP contribution in [-0.4, -0.2) is 18.0 Å². The van der Waals surface area contributed by atoms with Gasteiger partial charge >= 0.3 is 6.18 Å². The third-order valence-corrected chi connectivity index (χ3v) is 4.46. The number of benzene rings is 2. The van der Waals surface area contributed by atoms with E-state index in [2.05, 4.69) is 5.32 Å². The number of carbonyl (C=O) groups excluding carboxylic acids is 1. The van der Waals surface area contributed by atoms with Crippen LogP contribution in [0.3, 0.4) is 0 Å². The molecule has 1 unspecified atom stereocenters. The molecule has 0 aliphatic carbocycles. The molecule has 2 atom stereocenters. The van der Waals surface area contributed by atoms with E-state index < -0.39 is 18.3 Å². The highest BCUT2D eigenvalue weighted by atomic mass is 35.5. The van der Waals surface area contributed by atoms with Crippen LogP contribution >= 0.6 is 11.6 Å². The number of alkyl halides is 3. The number of carbonyl (C=O) groups is 1. The molecule has 0 heterocycles. The first kappa shape index (κ1) is 20.5. The Kier molecular flexibility index (Phi) is 7.23. The summed E-state index contributed by atoms with van der Waals surface area (Å²) in [6.07, 6.45) is -3.63. The molecule has 26 heavy (non-hydrogen) atoms. The summed E-state index contributed by atoms with van der Waals surface area (Å²) in [5, 5.41) is 2.97. The standard InChI is InChI=1S/C20H21ClF3NO/c1-2-8-18(26)17(13-15-11-6-7-12-16(15)21)25-19(20(22,23)24)14-9-4-3-5-10-14/h3-7,9-12,17,19,25H,2,8,13H2,1H3/t17-,19?/m0/s1. The monoisotopic (exact) mass is 383 g/mol. The Morgan fingerprint density at radius 3 is 2.27 bits per heavy atom. The Bertz CT molecular complexity index is 718. The van der Waals surface area contributed by atoms with Crippen molar-refractivity contribution in [3.63, 3.8) is 0 Å². The van der Waals surface area contributed by atoms with E-state index in [0.29, 0.717) is 17.0 Å². The second-order valence-electron chi connectivity index (χ2n) is 6.12. The lowest BCUT2D eigenvalue weighted by Crippen LogP contribution is -2.45. The van der Waals surface area contributed by atoms with Crippen molar-refractivity contribution in [2.24, 2.45) is 0 Å². The summed E-state index contributed by atoms with van der Waals surface area (Å²) in [6, 6.07) is 11.5. The van der Waals surface area contributed by atoms with Gasteiger partial charge in [-0.3, -0.25) is 10.1 Å². The van der Waals surface area contributed by atoms with Crippen LogP contribution in [0, 0.1) is 0 Å². The van der Waals surface area contributed by atoms with E-state index in [1.54, 1.807) is 42.5 Å². The van der Waals surface area contributed by atoms with Crippen molar-refractivity contribution >= 4 is 17.4 Å². The van der Waals surface area contributed by atoms with Gasteiger partial charge in [-0.25, -0.2) is 0 Å². The summed E-state index contributed by atoms with van der Waals surface area (Å²) in [6.45, 7) is 1.82. The normalized spacial score (nSPS) is 14.0. The molecular formula is C20H21ClF3NO. The number of ketones is 1. The summed E-state index contributed by atoms with van der Waals surface area (Å²) in [5.74, 6) is -0.252. The first-order valence-corrected chi connectivity index (χ1v) is 8.84. The maximum Gasteiger partial charge on any atom is 0.407 e. The van der Waals surface area contributed by atoms with Crippen LogP contribution in [-0.2, 0) is 11.2 Å². The number of hydrogen-bond acceptors (Lipinski definition) is 2. The van der Waals surface area contributed by atoms with Gasteiger partial charge in [0.05, 0.1) is 6.04 Å². The lowest BCUT2D eigenvalue weighted by molar-refractivity contribution is -0.160. The van der Waals surface area contributed by atoms with Crippen LogP contribution in [0.5, 0.6) is 0 Å². The highest BCUT2D eigenvalue weighted by Gasteiger charge is 2.42. The van der Waals surface area contributed by atoms with Gasteiger partial charge in [-0.2, -0.15) is 13.2 Å². The minimum absolute atomic E-state index is 0.0773. The van der Waals surface area contributed by atoms with Gasteiger partial charge in [-0.1, -0.05) is 67.1 Å². The summed E-state index contributed by atoms with van der Waals surface area (Å²) >= 11 is 6.13. The van der Waals surface area contributed by atoms with Crippen LogP contribution in [0.2, 0.25) is 5.02 Å². The maximum absolute atomic E-state index is 13.6. The topological polar surface area (TPSA) is 29.1 Å². The molecule has 0 aliphatic rings. The second-order valence-corrected chi connectivity index (χ2v) is 6.52. The predicted octanol–water partition coefficient (Wildman–Crippen LogP) is 5.51. The van der Waals surface area contributed by atoms with E-state index in [4.69, 9.17) is 11.6 Å². The maximum atomic E-state index is 13.6. The van der Waals surface area contributed by atoms with Gasteiger partial charge in [0, 0.05) is 11.4 Å². The molecule has 0 fully saturated rings. The van der Waals surface area contributed by atoms with Crippen LogP contribution in [0.25, 0.3) is 0 Å². The molecule has 0 aromatic heterocycles. The molecule has 6 heteroatoms. The minimum atomic E-state index is -4.52. The number of halogens is 4. The number of nitrogens with one attached hydrogen (secondary N) is 1. The largest absolute Gasteiger partial charge is 0.407 e. The zero-order chi connectivity index (χ0) is 19.2. The molecule has 0 saturated carbocycles. The van der Waals surface area contributed by atoms with Crippen LogP contribution < -0.4 is 5.32 Å². The van der Waals surface area contributed by atoms with E-state index in [9.17, 15) is 18.0 Å². The van der Waals surface area contributed by atoms with Gasteiger partial charge in [-0.15, -0.1) is 0 Å². The Hall–Kier alpha value is -1.85. The molecular weight excluding hydrogens is 363 g/mol. The zero-order valence-corrected chi connectivity index (χ0v) is 15.1. The molecule has 2 rings (SSSR count). The fourth-order valence-electron chi connectivity index (χ4n) is 2.80. The van der Waals surface area contributed by atoms with Crippen molar-refractivity contribution in [2.75, 3.05) is 0 Å². The van der Waals surface area contributed by atoms with Crippen molar-refractivity contribution < 1.29 is 18.0 Å². The van der Waals surface area contributed by atoms with Gasteiger partial charge in [-0.05, 0) is 30.0 Å². The number of Topliss-reactive ketones (excluding diaryl/α,β-unsaturated/α-hetero) is 1. The summed E-state index contributed by atoms with van der Waals surface area (Å²) in [5.41, 5.74) is 0.721. The fraction of sp³-hybridized carbons (Fsp3) is 0.350. The molecule has 2 nitrogen and oxygen atoms in total. The highest BCUT2D eigenvalue weighted by molar-refractivity contribution is 6.31. The molecule has 0 bridgehead atoms. The van der Waals surface area contributed by atoms with Crippen molar-refractivity contribution in [3.8, 4) is 0 Å². The van der Waals surface area contributed by atoms with Crippen LogP contribution in [0.4, 0.5) is 13.2 Å². The van der Waals surface area contributed by atoms with E-state index in [1.807, 2.05) is 6.92 Å². The molecule has 0 spiro atoms. The highest BCUT2D eigenvalue weighted by Crippen LogP contribution is 2.33. The third-order valence-electron chi connectivity index (χ3n) is 4.10. The van der Waals surface area contributed by atoms with Gasteiger partial charge in [0.1, 0.15) is 11.8 Å². The van der Waals surface area contributed by atoms with Gasteiger partial charge < -0.3 is 0 Å². The summed E-state index contributed by atoms with van der Waals surface area (Å²) in [4.78, 5) is 12.5. The van der Waals surface area contributed by atoms with Crippen LogP contribution in [0.15, 0.2) is 54.6 Å². The Morgan fingerprint density at radius 2 is 1.69 bits per heavy atom. The molecule has 1 N–H and O–H groups in total. The molecule has 0 saturated heterocycles. The van der Waals surface area contributed by atoms with E-state index in [1.165, 1.54) is 12.1 Å². The minimum Gasteiger partial charge on any atom is -0.298 e. The summed E-state index contributed by atoms with van der Waals surface area (Å²) in [7, 11) is 0. The third kappa shape index (κ3) is 5.58. The smallest absolute Gasteiger partial charge is 0.298 e. The summed E-state index contributed by atoms with van der Waals surface area (Å²) < 4.78 is 40.9. The second kappa shape index (κ2) is 9.19. The predicted molar refractivity (Wildman–Crippen MR) is 97.2 cm³/mol. The molecule has 0 aliphatic heterocycles. The molecule has 0 amide bonds. The van der Waals surface area contributed by atoms with Gasteiger partial charge in [0.2, 0.25) is 0 Å². The van der Waals surface area contributed by atoms with Crippen molar-refractivity contribution in [1.29, 1.82) is 0 Å². The lowest BCUT2D eigenvalue weighted by Gasteiger charge is -2.27.